The van der Waals surface area contributed by atoms with Crippen LogP contribution < -0.4 is 0 Å². The third kappa shape index (κ3) is 1.19. The minimum atomic E-state index is 0.732. The first-order valence-electron chi connectivity index (χ1n) is 5.07. The van der Waals surface area contributed by atoms with E-state index < -0.39 is 0 Å². The molecule has 0 saturated heterocycles. The van der Waals surface area contributed by atoms with Crippen LogP contribution in [0.25, 0.3) is 11.5 Å². The molecule has 3 aromatic heterocycles. The van der Waals surface area contributed by atoms with Gasteiger partial charge in [-0.25, -0.2) is 9.97 Å². The van der Waals surface area contributed by atoms with Crippen molar-refractivity contribution in [3.8, 4) is 5.82 Å². The van der Waals surface area contributed by atoms with Crippen molar-refractivity contribution in [2.45, 2.75) is 13.3 Å². The number of fused-ring (bicyclic) bond motifs is 1. The molecule has 0 aliphatic rings. The van der Waals surface area contributed by atoms with E-state index in [4.69, 9.17) is 0 Å². The molecular formula is C10H10N6. The monoisotopic (exact) mass is 214 g/mol. The van der Waals surface area contributed by atoms with E-state index in [0.717, 1.165) is 23.7 Å². The predicted molar refractivity (Wildman–Crippen MR) is 57.3 cm³/mol. The molecule has 0 unspecified atom stereocenters. The zero-order valence-corrected chi connectivity index (χ0v) is 8.78. The Balaban J connectivity index is 2.29. The predicted octanol–water partition coefficient (Wildman–Crippen LogP) is 0.872. The summed E-state index contributed by atoms with van der Waals surface area (Å²) in [6.45, 7) is 2.06. The maximum atomic E-state index is 4.33. The molecule has 16 heavy (non-hydrogen) atoms. The van der Waals surface area contributed by atoms with Crippen molar-refractivity contribution in [1.82, 2.24) is 29.1 Å². The zero-order chi connectivity index (χ0) is 11.0. The summed E-state index contributed by atoms with van der Waals surface area (Å²) in [5, 5.41) is 7.92. The Labute approximate surface area is 91.6 Å². The van der Waals surface area contributed by atoms with Gasteiger partial charge in [0.1, 0.15) is 12.2 Å². The van der Waals surface area contributed by atoms with Crippen molar-refractivity contribution in [2.75, 3.05) is 0 Å². The van der Waals surface area contributed by atoms with Crippen LogP contribution in [-0.2, 0) is 6.42 Å². The fraction of sp³-hybridized carbons (Fsp3) is 0.200. The molecule has 0 fully saturated rings. The van der Waals surface area contributed by atoms with Crippen LogP contribution in [-0.4, -0.2) is 29.1 Å². The summed E-state index contributed by atoms with van der Waals surface area (Å²) in [6.07, 6.45) is 9.70. The van der Waals surface area contributed by atoms with E-state index in [2.05, 4.69) is 27.1 Å². The number of rotatable bonds is 2. The quantitative estimate of drug-likeness (QED) is 0.635. The SMILES string of the molecule is CCc1nccn1-c1nccn2cnnc12. The van der Waals surface area contributed by atoms with Gasteiger partial charge in [-0.3, -0.25) is 8.97 Å². The fourth-order valence-corrected chi connectivity index (χ4v) is 1.70. The number of aryl methyl sites for hydroxylation is 1. The molecule has 0 saturated carbocycles. The zero-order valence-electron chi connectivity index (χ0n) is 8.78. The Kier molecular flexibility index (Phi) is 1.92. The lowest BCUT2D eigenvalue weighted by Gasteiger charge is -2.05. The number of hydrogen-bond acceptors (Lipinski definition) is 4. The number of imidazole rings is 1. The molecular weight excluding hydrogens is 204 g/mol. The van der Waals surface area contributed by atoms with E-state index in [1.165, 1.54) is 0 Å². The van der Waals surface area contributed by atoms with Crippen LogP contribution in [0.2, 0.25) is 0 Å². The van der Waals surface area contributed by atoms with Crippen LogP contribution in [0.3, 0.4) is 0 Å². The summed E-state index contributed by atoms with van der Waals surface area (Å²) in [5.41, 5.74) is 0.732. The molecule has 80 valence electrons. The van der Waals surface area contributed by atoms with Gasteiger partial charge in [0.05, 0.1) is 0 Å². The molecule has 3 aromatic rings. The Bertz CT molecular complexity index is 623. The van der Waals surface area contributed by atoms with E-state index in [1.807, 2.05) is 21.4 Å². The van der Waals surface area contributed by atoms with Crippen molar-refractivity contribution in [3.63, 3.8) is 0 Å². The summed E-state index contributed by atoms with van der Waals surface area (Å²) in [5.74, 6) is 1.72. The summed E-state index contributed by atoms with van der Waals surface area (Å²) in [7, 11) is 0. The largest absolute Gasteiger partial charge is 0.285 e. The highest BCUT2D eigenvalue weighted by Crippen LogP contribution is 2.12. The standard InChI is InChI=1S/C10H10N6/c1-2-8-11-4-6-16(8)9-10-14-13-7-15(10)5-3-12-9/h3-7H,2H2,1H3. The van der Waals surface area contributed by atoms with E-state index in [9.17, 15) is 0 Å². The second kappa shape index (κ2) is 3.41. The van der Waals surface area contributed by atoms with Gasteiger partial charge in [-0.05, 0) is 0 Å². The molecule has 0 aliphatic carbocycles. The molecule has 0 amide bonds. The lowest BCUT2D eigenvalue weighted by atomic mass is 10.4. The minimum Gasteiger partial charge on any atom is -0.285 e. The second-order valence-corrected chi connectivity index (χ2v) is 3.38. The molecule has 0 aromatic carbocycles. The highest BCUT2D eigenvalue weighted by Gasteiger charge is 2.09. The van der Waals surface area contributed by atoms with Crippen molar-refractivity contribution >= 4 is 5.65 Å². The van der Waals surface area contributed by atoms with Gasteiger partial charge in [0, 0.05) is 31.2 Å². The van der Waals surface area contributed by atoms with Crippen LogP contribution >= 0.6 is 0 Å². The molecule has 0 aliphatic heterocycles. The van der Waals surface area contributed by atoms with Crippen LogP contribution in [0.4, 0.5) is 0 Å². The molecule has 0 spiro atoms. The molecule has 6 nitrogen and oxygen atoms in total. The van der Waals surface area contributed by atoms with Gasteiger partial charge in [0.2, 0.25) is 5.65 Å². The van der Waals surface area contributed by atoms with Crippen LogP contribution in [0.1, 0.15) is 12.7 Å². The van der Waals surface area contributed by atoms with Gasteiger partial charge in [0.25, 0.3) is 0 Å². The maximum Gasteiger partial charge on any atom is 0.204 e. The van der Waals surface area contributed by atoms with Gasteiger partial charge in [-0.15, -0.1) is 10.2 Å². The molecule has 0 N–H and O–H groups in total. The van der Waals surface area contributed by atoms with E-state index in [-0.39, 0.29) is 0 Å². The summed E-state index contributed by atoms with van der Waals surface area (Å²) < 4.78 is 3.77. The first-order valence-corrected chi connectivity index (χ1v) is 5.07. The lowest BCUT2D eigenvalue weighted by molar-refractivity contribution is 0.862. The molecule has 0 bridgehead atoms. The van der Waals surface area contributed by atoms with Crippen molar-refractivity contribution in [1.29, 1.82) is 0 Å². The molecule has 0 radical (unpaired) electrons. The maximum absolute atomic E-state index is 4.33. The fourth-order valence-electron chi connectivity index (χ4n) is 1.70. The van der Waals surface area contributed by atoms with E-state index >= 15 is 0 Å². The third-order valence-electron chi connectivity index (χ3n) is 2.46. The molecule has 6 heteroatoms. The average molecular weight is 214 g/mol. The Hall–Kier alpha value is -2.24. The highest BCUT2D eigenvalue weighted by molar-refractivity contribution is 5.53. The molecule has 0 atom stereocenters. The second-order valence-electron chi connectivity index (χ2n) is 3.38. The normalized spacial score (nSPS) is 11.1. The molecule has 3 heterocycles. The van der Waals surface area contributed by atoms with Gasteiger partial charge in [-0.1, -0.05) is 6.92 Å². The van der Waals surface area contributed by atoms with Gasteiger partial charge < -0.3 is 0 Å². The summed E-state index contributed by atoms with van der Waals surface area (Å²) in [6, 6.07) is 0. The van der Waals surface area contributed by atoms with Crippen molar-refractivity contribution in [2.24, 2.45) is 0 Å². The lowest BCUT2D eigenvalue weighted by Crippen LogP contribution is -2.04. The van der Waals surface area contributed by atoms with E-state index in [1.54, 1.807) is 18.7 Å². The first kappa shape index (κ1) is 9.02. The van der Waals surface area contributed by atoms with Gasteiger partial charge >= 0.3 is 0 Å². The Morgan fingerprint density at radius 2 is 2.06 bits per heavy atom. The van der Waals surface area contributed by atoms with Crippen LogP contribution in [0, 0.1) is 0 Å². The highest BCUT2D eigenvalue weighted by atomic mass is 15.3. The smallest absolute Gasteiger partial charge is 0.204 e. The summed E-state index contributed by atoms with van der Waals surface area (Å²) in [4.78, 5) is 8.60. The van der Waals surface area contributed by atoms with E-state index in [0.29, 0.717) is 0 Å². The van der Waals surface area contributed by atoms with Crippen LogP contribution in [0.5, 0.6) is 0 Å². The number of hydrogen-bond donors (Lipinski definition) is 0. The van der Waals surface area contributed by atoms with Gasteiger partial charge in [0.15, 0.2) is 5.82 Å². The first-order chi connectivity index (χ1) is 7.90. The average Bonchev–Trinajstić information content (AvgIpc) is 2.96. The minimum absolute atomic E-state index is 0.732. The van der Waals surface area contributed by atoms with Crippen LogP contribution in [0.15, 0.2) is 31.1 Å². The molecule has 3 rings (SSSR count). The summed E-state index contributed by atoms with van der Waals surface area (Å²) >= 11 is 0. The topological polar surface area (TPSA) is 60.9 Å². The Morgan fingerprint density at radius 3 is 2.94 bits per heavy atom. The van der Waals surface area contributed by atoms with Crippen molar-refractivity contribution < 1.29 is 0 Å². The van der Waals surface area contributed by atoms with Crippen molar-refractivity contribution in [3.05, 3.63) is 36.9 Å². The van der Waals surface area contributed by atoms with Gasteiger partial charge in [-0.2, -0.15) is 0 Å². The third-order valence-corrected chi connectivity index (χ3v) is 2.46. The number of aromatic nitrogens is 6. The number of nitrogens with zero attached hydrogens (tertiary/aromatic N) is 6. The Morgan fingerprint density at radius 1 is 1.19 bits per heavy atom.